The van der Waals surface area contributed by atoms with Gasteiger partial charge in [-0.1, -0.05) is 12.1 Å². The molecule has 5 heteroatoms. The van der Waals surface area contributed by atoms with Crippen LogP contribution in [0.2, 0.25) is 0 Å². The fourth-order valence-electron chi connectivity index (χ4n) is 2.28. The number of carbonyl (C=O) groups is 1. The zero-order valence-electron chi connectivity index (χ0n) is 9.79. The third-order valence-electron chi connectivity index (χ3n) is 3.25. The fraction of sp³-hybridized carbons (Fsp3) is 0.308. The molecule has 1 aromatic carbocycles. The van der Waals surface area contributed by atoms with Crippen LogP contribution < -0.4 is 10.6 Å². The SMILES string of the molecule is O=C(NC1CCNC1)c1cc2cccc(F)c2[nH]1. The Morgan fingerprint density at radius 3 is 3.06 bits per heavy atom. The first kappa shape index (κ1) is 11.2. The molecular formula is C13H14FN3O. The number of halogens is 1. The summed E-state index contributed by atoms with van der Waals surface area (Å²) in [6.45, 7) is 1.71. The van der Waals surface area contributed by atoms with Crippen molar-refractivity contribution in [2.45, 2.75) is 12.5 Å². The van der Waals surface area contributed by atoms with Crippen molar-refractivity contribution in [2.75, 3.05) is 13.1 Å². The lowest BCUT2D eigenvalue weighted by Crippen LogP contribution is -2.36. The number of carbonyl (C=O) groups excluding carboxylic acids is 1. The minimum absolute atomic E-state index is 0.161. The van der Waals surface area contributed by atoms with Crippen LogP contribution in [0.15, 0.2) is 24.3 Å². The number of aromatic nitrogens is 1. The molecule has 1 aromatic heterocycles. The maximum atomic E-state index is 13.5. The molecule has 0 bridgehead atoms. The van der Waals surface area contributed by atoms with Gasteiger partial charge in [0.05, 0.1) is 5.52 Å². The summed E-state index contributed by atoms with van der Waals surface area (Å²) in [6.07, 6.45) is 0.931. The van der Waals surface area contributed by atoms with Crippen LogP contribution in [0.3, 0.4) is 0 Å². The number of hydrogen-bond donors (Lipinski definition) is 3. The third kappa shape index (κ3) is 1.97. The van der Waals surface area contributed by atoms with Gasteiger partial charge in [0, 0.05) is 18.0 Å². The van der Waals surface area contributed by atoms with E-state index < -0.39 is 0 Å². The molecule has 1 aliphatic rings. The minimum atomic E-state index is -0.339. The van der Waals surface area contributed by atoms with E-state index >= 15 is 0 Å². The van der Waals surface area contributed by atoms with E-state index in [4.69, 9.17) is 0 Å². The molecule has 0 spiro atoms. The molecule has 4 nitrogen and oxygen atoms in total. The number of H-pyrrole nitrogens is 1. The Hall–Kier alpha value is -1.88. The zero-order chi connectivity index (χ0) is 12.5. The van der Waals surface area contributed by atoms with Crippen LogP contribution >= 0.6 is 0 Å². The standard InChI is InChI=1S/C13H14FN3O/c14-10-3-1-2-8-6-11(17-12(8)10)13(18)16-9-4-5-15-7-9/h1-3,6,9,15,17H,4-5,7H2,(H,16,18). The summed E-state index contributed by atoms with van der Waals surface area (Å²) in [5.41, 5.74) is 0.786. The van der Waals surface area contributed by atoms with Crippen LogP contribution in [-0.4, -0.2) is 30.0 Å². The molecule has 2 heterocycles. The molecule has 94 valence electrons. The molecule has 0 saturated carbocycles. The van der Waals surface area contributed by atoms with Crippen molar-refractivity contribution in [2.24, 2.45) is 0 Å². The van der Waals surface area contributed by atoms with Gasteiger partial charge in [0.1, 0.15) is 11.5 Å². The van der Waals surface area contributed by atoms with Crippen LogP contribution in [0.25, 0.3) is 10.9 Å². The van der Waals surface area contributed by atoms with E-state index in [-0.39, 0.29) is 17.8 Å². The van der Waals surface area contributed by atoms with Gasteiger partial charge in [-0.25, -0.2) is 4.39 Å². The topological polar surface area (TPSA) is 56.9 Å². The molecule has 1 fully saturated rings. The predicted octanol–water partition coefficient (Wildman–Crippen LogP) is 1.40. The lowest BCUT2D eigenvalue weighted by atomic mass is 10.2. The highest BCUT2D eigenvalue weighted by Gasteiger charge is 2.19. The maximum Gasteiger partial charge on any atom is 0.267 e. The molecule has 1 aliphatic heterocycles. The number of amides is 1. The maximum absolute atomic E-state index is 13.5. The number of rotatable bonds is 2. The lowest BCUT2D eigenvalue weighted by Gasteiger charge is -2.09. The summed E-state index contributed by atoms with van der Waals surface area (Å²) in [7, 11) is 0. The highest BCUT2D eigenvalue weighted by molar-refractivity contribution is 5.98. The summed E-state index contributed by atoms with van der Waals surface area (Å²) in [5, 5.41) is 6.81. The Morgan fingerprint density at radius 1 is 1.44 bits per heavy atom. The molecule has 3 N–H and O–H groups in total. The fourth-order valence-corrected chi connectivity index (χ4v) is 2.28. The van der Waals surface area contributed by atoms with Gasteiger partial charge in [0.15, 0.2) is 0 Å². The van der Waals surface area contributed by atoms with E-state index in [0.29, 0.717) is 16.6 Å². The molecule has 1 atom stereocenters. The van der Waals surface area contributed by atoms with Gasteiger partial charge in [-0.05, 0) is 25.1 Å². The van der Waals surface area contributed by atoms with Crippen molar-refractivity contribution in [3.8, 4) is 0 Å². The molecular weight excluding hydrogens is 233 g/mol. The first-order chi connectivity index (χ1) is 8.74. The van der Waals surface area contributed by atoms with Crippen molar-refractivity contribution in [3.05, 3.63) is 35.8 Å². The van der Waals surface area contributed by atoms with Crippen molar-refractivity contribution in [1.29, 1.82) is 0 Å². The Morgan fingerprint density at radius 2 is 2.33 bits per heavy atom. The summed E-state index contributed by atoms with van der Waals surface area (Å²) >= 11 is 0. The Bertz CT molecular complexity index is 587. The average Bonchev–Trinajstić information content (AvgIpc) is 2.97. The van der Waals surface area contributed by atoms with Crippen molar-refractivity contribution in [1.82, 2.24) is 15.6 Å². The smallest absolute Gasteiger partial charge is 0.267 e. The molecule has 1 unspecified atom stereocenters. The van der Waals surface area contributed by atoms with Crippen LogP contribution in [0.4, 0.5) is 4.39 Å². The summed E-state index contributed by atoms with van der Waals surface area (Å²) in [4.78, 5) is 14.8. The minimum Gasteiger partial charge on any atom is -0.348 e. The number of fused-ring (bicyclic) bond motifs is 1. The van der Waals surface area contributed by atoms with E-state index in [0.717, 1.165) is 19.5 Å². The normalized spacial score (nSPS) is 19.3. The first-order valence-corrected chi connectivity index (χ1v) is 6.03. The molecule has 1 saturated heterocycles. The largest absolute Gasteiger partial charge is 0.348 e. The average molecular weight is 247 g/mol. The summed E-state index contributed by atoms with van der Waals surface area (Å²) in [5.74, 6) is -0.520. The van der Waals surface area contributed by atoms with Gasteiger partial charge in [-0.15, -0.1) is 0 Å². The number of para-hydroxylation sites is 1. The summed E-state index contributed by atoms with van der Waals surface area (Å²) in [6, 6.07) is 6.63. The van der Waals surface area contributed by atoms with Gasteiger partial charge in [0.2, 0.25) is 0 Å². The van der Waals surface area contributed by atoms with Gasteiger partial charge >= 0.3 is 0 Å². The molecule has 0 aliphatic carbocycles. The van der Waals surface area contributed by atoms with Gasteiger partial charge in [-0.2, -0.15) is 0 Å². The second-order valence-corrected chi connectivity index (χ2v) is 4.55. The Balaban J connectivity index is 1.85. The van der Waals surface area contributed by atoms with E-state index in [9.17, 15) is 9.18 Å². The molecule has 2 aromatic rings. The molecule has 18 heavy (non-hydrogen) atoms. The molecule has 1 amide bonds. The number of hydrogen-bond acceptors (Lipinski definition) is 2. The number of benzene rings is 1. The Labute approximate surface area is 104 Å². The molecule has 3 rings (SSSR count). The highest BCUT2D eigenvalue weighted by atomic mass is 19.1. The van der Waals surface area contributed by atoms with Crippen LogP contribution in [0.5, 0.6) is 0 Å². The van der Waals surface area contributed by atoms with E-state index in [1.807, 2.05) is 0 Å². The second kappa shape index (κ2) is 4.42. The zero-order valence-corrected chi connectivity index (χ0v) is 9.79. The predicted molar refractivity (Wildman–Crippen MR) is 67.0 cm³/mol. The van der Waals surface area contributed by atoms with E-state index in [1.165, 1.54) is 6.07 Å². The second-order valence-electron chi connectivity index (χ2n) is 4.55. The van der Waals surface area contributed by atoms with E-state index in [2.05, 4.69) is 15.6 Å². The first-order valence-electron chi connectivity index (χ1n) is 6.03. The number of nitrogens with one attached hydrogen (secondary N) is 3. The van der Waals surface area contributed by atoms with Gasteiger partial charge < -0.3 is 15.6 Å². The Kier molecular flexibility index (Phi) is 2.76. The van der Waals surface area contributed by atoms with Crippen molar-refractivity contribution in [3.63, 3.8) is 0 Å². The van der Waals surface area contributed by atoms with Gasteiger partial charge in [0.25, 0.3) is 5.91 Å². The van der Waals surface area contributed by atoms with Crippen molar-refractivity contribution < 1.29 is 9.18 Å². The monoisotopic (exact) mass is 247 g/mol. The van der Waals surface area contributed by atoms with Crippen LogP contribution in [0, 0.1) is 5.82 Å². The quantitative estimate of drug-likeness (QED) is 0.751. The molecule has 0 radical (unpaired) electrons. The third-order valence-corrected chi connectivity index (χ3v) is 3.25. The summed E-state index contributed by atoms with van der Waals surface area (Å²) < 4.78 is 13.5. The number of aromatic amines is 1. The van der Waals surface area contributed by atoms with E-state index in [1.54, 1.807) is 18.2 Å². The van der Waals surface area contributed by atoms with Crippen molar-refractivity contribution >= 4 is 16.8 Å². The highest BCUT2D eigenvalue weighted by Crippen LogP contribution is 2.18. The van der Waals surface area contributed by atoms with Crippen LogP contribution in [0.1, 0.15) is 16.9 Å². The van der Waals surface area contributed by atoms with Gasteiger partial charge in [-0.3, -0.25) is 4.79 Å². The lowest BCUT2D eigenvalue weighted by molar-refractivity contribution is 0.0936. The van der Waals surface area contributed by atoms with Crippen LogP contribution in [-0.2, 0) is 0 Å².